The van der Waals surface area contributed by atoms with E-state index in [0.29, 0.717) is 0 Å². The molecule has 5 nitrogen and oxygen atoms in total. The van der Waals surface area contributed by atoms with Gasteiger partial charge in [0.2, 0.25) is 0 Å². The van der Waals surface area contributed by atoms with Gasteiger partial charge in [-0.05, 0) is 16.0 Å². The molecule has 8 heteroatoms. The lowest BCUT2D eigenvalue weighted by Crippen LogP contribution is -2.03. The Labute approximate surface area is 97.0 Å². The Balaban J connectivity index is 3.49. The summed E-state index contributed by atoms with van der Waals surface area (Å²) in [5, 5.41) is 19.3. The molecule has 0 aliphatic rings. The number of nitrogens with zero attached hydrogens (tertiary/aromatic N) is 3. The van der Waals surface area contributed by atoms with Gasteiger partial charge >= 0.3 is 5.82 Å². The Morgan fingerprint density at radius 2 is 2.31 bits per heavy atom. The summed E-state index contributed by atoms with van der Waals surface area (Å²) in [7, 11) is 0. The zero-order chi connectivity index (χ0) is 12.3. The largest absolute Gasteiger partial charge is 0.373 e. The van der Waals surface area contributed by atoms with Gasteiger partial charge < -0.3 is 10.1 Å². The standard InChI is InChI=1S/C8H4BrF2N3O2/c9-2-4-1-5(7(10)11)8(14(15)16)13-6(4)3-12/h1,7H,2H2. The molecule has 1 rings (SSSR count). The summed E-state index contributed by atoms with van der Waals surface area (Å²) in [5.41, 5.74) is -0.810. The molecule has 0 N–H and O–H groups in total. The quantitative estimate of drug-likeness (QED) is 0.487. The summed E-state index contributed by atoms with van der Waals surface area (Å²) in [6.45, 7) is 0. The first kappa shape index (κ1) is 12.4. The van der Waals surface area contributed by atoms with Gasteiger partial charge in [-0.15, -0.1) is 0 Å². The minimum absolute atomic E-state index is 0.126. The fraction of sp³-hybridized carbons (Fsp3) is 0.250. The van der Waals surface area contributed by atoms with E-state index >= 15 is 0 Å². The van der Waals surface area contributed by atoms with Crippen molar-refractivity contribution in [3.05, 3.63) is 33.0 Å². The number of hydrogen-bond donors (Lipinski definition) is 0. The van der Waals surface area contributed by atoms with Crippen LogP contribution in [-0.4, -0.2) is 9.91 Å². The average Bonchev–Trinajstić information content (AvgIpc) is 2.26. The summed E-state index contributed by atoms with van der Waals surface area (Å²) in [6, 6.07) is 2.54. The number of halogens is 3. The van der Waals surface area contributed by atoms with E-state index in [1.807, 2.05) is 0 Å². The molecule has 0 aliphatic heterocycles. The van der Waals surface area contributed by atoms with Gasteiger partial charge in [0.1, 0.15) is 11.6 Å². The Morgan fingerprint density at radius 1 is 1.69 bits per heavy atom. The van der Waals surface area contributed by atoms with Gasteiger partial charge in [-0.2, -0.15) is 5.26 Å². The molecule has 0 atom stereocenters. The highest BCUT2D eigenvalue weighted by atomic mass is 79.9. The lowest BCUT2D eigenvalue weighted by atomic mass is 10.1. The highest BCUT2D eigenvalue weighted by Crippen LogP contribution is 2.29. The summed E-state index contributed by atoms with van der Waals surface area (Å²) in [6.07, 6.45) is -3.00. The van der Waals surface area contributed by atoms with Gasteiger partial charge in [0.15, 0.2) is 0 Å². The number of pyridine rings is 1. The van der Waals surface area contributed by atoms with Gasteiger partial charge in [-0.25, -0.2) is 8.78 Å². The summed E-state index contributed by atoms with van der Waals surface area (Å²) >= 11 is 2.99. The first-order chi connectivity index (χ1) is 7.51. The highest BCUT2D eigenvalue weighted by molar-refractivity contribution is 9.08. The molecule has 84 valence electrons. The number of aromatic nitrogens is 1. The maximum Gasteiger partial charge on any atom is 0.373 e. The molecule has 0 aromatic carbocycles. The molecule has 0 fully saturated rings. The molecule has 0 bridgehead atoms. The predicted molar refractivity (Wildman–Crippen MR) is 53.2 cm³/mol. The van der Waals surface area contributed by atoms with Gasteiger partial charge in [-0.1, -0.05) is 15.9 Å². The number of alkyl halides is 3. The second-order valence-electron chi connectivity index (χ2n) is 2.71. The van der Waals surface area contributed by atoms with E-state index in [0.717, 1.165) is 6.07 Å². The molecule has 0 saturated carbocycles. The topological polar surface area (TPSA) is 79.8 Å². The van der Waals surface area contributed by atoms with Crippen LogP contribution >= 0.6 is 15.9 Å². The minimum atomic E-state index is -3.00. The van der Waals surface area contributed by atoms with Crippen LogP contribution in [0.1, 0.15) is 23.2 Å². The molecule has 0 spiro atoms. The molecule has 0 unspecified atom stereocenters. The smallest absolute Gasteiger partial charge is 0.358 e. The van der Waals surface area contributed by atoms with Crippen molar-refractivity contribution in [3.8, 4) is 6.07 Å². The SMILES string of the molecule is N#Cc1nc([N+](=O)[O-])c(C(F)F)cc1CBr. The maximum absolute atomic E-state index is 12.5. The fourth-order valence-corrected chi connectivity index (χ4v) is 1.50. The molecular weight excluding hydrogens is 288 g/mol. The molecule has 0 aliphatic carbocycles. The van der Waals surface area contributed by atoms with Crippen LogP contribution in [0.4, 0.5) is 14.6 Å². The van der Waals surface area contributed by atoms with Crippen molar-refractivity contribution in [1.29, 1.82) is 5.26 Å². The van der Waals surface area contributed by atoms with Gasteiger partial charge in [0.05, 0.1) is 0 Å². The van der Waals surface area contributed by atoms with Crippen LogP contribution in [0, 0.1) is 21.4 Å². The molecular formula is C8H4BrF2N3O2. The number of nitriles is 1. The van der Waals surface area contributed by atoms with Crippen LogP contribution in [0.3, 0.4) is 0 Å². The minimum Gasteiger partial charge on any atom is -0.358 e. The van der Waals surface area contributed by atoms with E-state index < -0.39 is 22.7 Å². The van der Waals surface area contributed by atoms with Gasteiger partial charge in [0.25, 0.3) is 12.1 Å². The van der Waals surface area contributed by atoms with E-state index in [2.05, 4.69) is 20.9 Å². The van der Waals surface area contributed by atoms with Crippen LogP contribution in [0.15, 0.2) is 6.07 Å². The van der Waals surface area contributed by atoms with Crippen molar-refractivity contribution in [2.75, 3.05) is 0 Å². The van der Waals surface area contributed by atoms with E-state index in [4.69, 9.17) is 5.26 Å². The van der Waals surface area contributed by atoms with Crippen molar-refractivity contribution < 1.29 is 13.7 Å². The van der Waals surface area contributed by atoms with E-state index in [-0.39, 0.29) is 16.6 Å². The van der Waals surface area contributed by atoms with Crippen LogP contribution < -0.4 is 0 Å². The monoisotopic (exact) mass is 291 g/mol. The van der Waals surface area contributed by atoms with Crippen LogP contribution in [0.2, 0.25) is 0 Å². The normalized spacial score (nSPS) is 10.2. The van der Waals surface area contributed by atoms with Crippen LogP contribution in [0.5, 0.6) is 0 Å². The van der Waals surface area contributed by atoms with Crippen molar-refractivity contribution in [3.63, 3.8) is 0 Å². The zero-order valence-corrected chi connectivity index (χ0v) is 9.24. The Morgan fingerprint density at radius 3 is 2.69 bits per heavy atom. The molecule has 0 amide bonds. The second kappa shape index (κ2) is 4.94. The zero-order valence-electron chi connectivity index (χ0n) is 7.65. The Kier molecular flexibility index (Phi) is 3.84. The lowest BCUT2D eigenvalue weighted by Gasteiger charge is -2.03. The first-order valence-electron chi connectivity index (χ1n) is 3.93. The van der Waals surface area contributed by atoms with E-state index in [1.54, 1.807) is 6.07 Å². The summed E-state index contributed by atoms with van der Waals surface area (Å²) in [4.78, 5) is 12.8. The number of rotatable bonds is 3. The van der Waals surface area contributed by atoms with Gasteiger partial charge in [-0.3, -0.25) is 0 Å². The van der Waals surface area contributed by atoms with Crippen molar-refractivity contribution in [1.82, 2.24) is 4.98 Å². The Bertz CT molecular complexity index is 473. The predicted octanol–water partition coefficient (Wildman–Crippen LogP) is 2.69. The number of nitro groups is 1. The lowest BCUT2D eigenvalue weighted by molar-refractivity contribution is -0.391. The molecule has 0 radical (unpaired) electrons. The molecule has 1 aromatic rings. The summed E-state index contributed by atoms with van der Waals surface area (Å²) < 4.78 is 25.0. The van der Waals surface area contributed by atoms with Crippen molar-refractivity contribution in [2.45, 2.75) is 11.8 Å². The molecule has 1 aromatic heterocycles. The molecule has 16 heavy (non-hydrogen) atoms. The molecule has 0 saturated heterocycles. The molecule has 1 heterocycles. The third-order valence-electron chi connectivity index (χ3n) is 1.77. The maximum atomic E-state index is 12.5. The first-order valence-corrected chi connectivity index (χ1v) is 5.05. The Hall–Kier alpha value is -1.62. The average molecular weight is 292 g/mol. The van der Waals surface area contributed by atoms with E-state index in [1.165, 1.54) is 0 Å². The van der Waals surface area contributed by atoms with E-state index in [9.17, 15) is 18.9 Å². The fourth-order valence-electron chi connectivity index (χ4n) is 1.07. The third-order valence-corrected chi connectivity index (χ3v) is 2.37. The van der Waals surface area contributed by atoms with Gasteiger partial charge in [0, 0.05) is 10.9 Å². The van der Waals surface area contributed by atoms with Crippen LogP contribution in [-0.2, 0) is 5.33 Å². The highest BCUT2D eigenvalue weighted by Gasteiger charge is 2.26. The second-order valence-corrected chi connectivity index (χ2v) is 3.27. The third kappa shape index (κ3) is 2.30. The number of hydrogen-bond acceptors (Lipinski definition) is 4. The van der Waals surface area contributed by atoms with Crippen LogP contribution in [0.25, 0.3) is 0 Å². The van der Waals surface area contributed by atoms with Crippen molar-refractivity contribution >= 4 is 21.7 Å². The van der Waals surface area contributed by atoms with Crippen molar-refractivity contribution in [2.24, 2.45) is 0 Å². The summed E-state index contributed by atoms with van der Waals surface area (Å²) in [5.74, 6) is -0.976.